The molecule has 2 N–H and O–H groups in total. The van der Waals surface area contributed by atoms with Gasteiger partial charge in [0.2, 0.25) is 0 Å². The fourth-order valence-corrected chi connectivity index (χ4v) is 5.60. The van der Waals surface area contributed by atoms with Crippen LogP contribution in [0.5, 0.6) is 11.5 Å². The highest BCUT2D eigenvalue weighted by molar-refractivity contribution is 5.87. The molecule has 0 bridgehead atoms. The van der Waals surface area contributed by atoms with Crippen molar-refractivity contribution in [2.24, 2.45) is 0 Å². The Balaban J connectivity index is 1.68. The first-order chi connectivity index (χ1) is 25.7. The molecule has 1 heterocycles. The van der Waals surface area contributed by atoms with E-state index in [4.69, 9.17) is 23.9 Å². The first-order valence-corrected chi connectivity index (χ1v) is 17.6. The number of esters is 2. The van der Waals surface area contributed by atoms with Crippen molar-refractivity contribution in [2.45, 2.75) is 84.0 Å². The van der Waals surface area contributed by atoms with Gasteiger partial charge in [0.15, 0.2) is 11.5 Å². The number of halogens is 1. The van der Waals surface area contributed by atoms with Gasteiger partial charge in [-0.1, -0.05) is 58.0 Å². The minimum absolute atomic E-state index is 0.00211. The fraction of sp³-hybridized carbons (Fsp3) is 0.425. The average Bonchev–Trinajstić information content (AvgIpc) is 3.11. The van der Waals surface area contributed by atoms with Crippen LogP contribution in [0.1, 0.15) is 93.3 Å². The van der Waals surface area contributed by atoms with E-state index in [1.165, 1.54) is 43.5 Å². The van der Waals surface area contributed by atoms with Crippen molar-refractivity contribution in [1.29, 1.82) is 0 Å². The predicted molar refractivity (Wildman–Crippen MR) is 200 cm³/mol. The maximum atomic E-state index is 14.0. The number of pyridine rings is 1. The van der Waals surface area contributed by atoms with Crippen LogP contribution in [-0.4, -0.2) is 71.9 Å². The Morgan fingerprint density at radius 1 is 0.944 bits per heavy atom. The van der Waals surface area contributed by atoms with Gasteiger partial charge in [-0.05, 0) is 71.7 Å². The Labute approximate surface area is 314 Å². The molecule has 2 atom stereocenters. The van der Waals surface area contributed by atoms with Gasteiger partial charge < -0.3 is 34.0 Å². The van der Waals surface area contributed by atoms with E-state index >= 15 is 0 Å². The topological polar surface area (TPSA) is 177 Å². The molecule has 1 aromatic heterocycles. The van der Waals surface area contributed by atoms with E-state index in [9.17, 15) is 34.3 Å². The highest BCUT2D eigenvalue weighted by Gasteiger charge is 2.24. The number of rotatable bonds is 21. The number of aliphatic hydroxyl groups is 2. The molecule has 0 unspecified atom stereocenters. The molecule has 0 radical (unpaired) electrons. The number of benzene rings is 2. The first kappa shape index (κ1) is 43.2. The summed E-state index contributed by atoms with van der Waals surface area (Å²) in [5.41, 5.74) is 5.37. The number of aromatic nitrogens is 1. The number of nitrogens with zero attached hydrogens (tertiary/aromatic N) is 2. The van der Waals surface area contributed by atoms with Crippen LogP contribution in [0, 0.1) is 15.9 Å². The number of carbonyl (C=O) groups is 2. The lowest BCUT2D eigenvalue weighted by Crippen LogP contribution is -2.22. The smallest absolute Gasteiger partial charge is 0.330 e. The summed E-state index contributed by atoms with van der Waals surface area (Å²) in [5.74, 6) is -1.38. The van der Waals surface area contributed by atoms with E-state index in [0.717, 1.165) is 33.6 Å². The van der Waals surface area contributed by atoms with E-state index in [1.807, 2.05) is 27.7 Å². The van der Waals surface area contributed by atoms with Crippen LogP contribution in [0.25, 0.3) is 23.3 Å². The zero-order chi connectivity index (χ0) is 39.8. The van der Waals surface area contributed by atoms with Crippen LogP contribution < -0.4 is 9.47 Å². The fourth-order valence-electron chi connectivity index (χ4n) is 5.60. The van der Waals surface area contributed by atoms with Crippen molar-refractivity contribution in [1.82, 2.24) is 4.98 Å². The molecule has 13 nitrogen and oxygen atoms in total. The Morgan fingerprint density at radius 2 is 1.63 bits per heavy atom. The van der Waals surface area contributed by atoms with E-state index in [0.29, 0.717) is 18.4 Å². The largest absolute Gasteiger partial charge is 0.493 e. The quantitative estimate of drug-likeness (QED) is 0.0286. The Morgan fingerprint density at radius 3 is 2.26 bits per heavy atom. The lowest BCUT2D eigenvalue weighted by atomic mass is 9.87. The van der Waals surface area contributed by atoms with E-state index in [-0.39, 0.29) is 55.4 Å². The third-order valence-electron chi connectivity index (χ3n) is 8.12. The third-order valence-corrected chi connectivity index (χ3v) is 8.12. The molecule has 14 heteroatoms. The number of hydrogen-bond acceptors (Lipinski definition) is 12. The number of unbranched alkanes of at least 4 members (excludes halogenated alkanes) is 1. The van der Waals surface area contributed by atoms with Crippen molar-refractivity contribution in [3.05, 3.63) is 98.6 Å². The molecule has 3 aromatic rings. The Hall–Kier alpha value is -5.18. The number of hydrogen-bond donors (Lipinski definition) is 2. The van der Waals surface area contributed by atoms with Crippen LogP contribution >= 0.6 is 0 Å². The Bertz CT molecular complexity index is 1770. The summed E-state index contributed by atoms with van der Waals surface area (Å²) < 4.78 is 35.4. The van der Waals surface area contributed by atoms with Crippen molar-refractivity contribution < 1.29 is 53.1 Å². The van der Waals surface area contributed by atoms with Gasteiger partial charge in [-0.15, -0.1) is 10.1 Å². The molecule has 0 aliphatic carbocycles. The van der Waals surface area contributed by atoms with Gasteiger partial charge in [0.05, 0.1) is 51.3 Å². The summed E-state index contributed by atoms with van der Waals surface area (Å²) in [7, 11) is 2.98. The summed E-state index contributed by atoms with van der Waals surface area (Å²) in [4.78, 5) is 44.1. The van der Waals surface area contributed by atoms with Gasteiger partial charge >= 0.3 is 11.9 Å². The minimum atomic E-state index is -1.25. The summed E-state index contributed by atoms with van der Waals surface area (Å²) >= 11 is 0. The van der Waals surface area contributed by atoms with Crippen LogP contribution in [0.3, 0.4) is 0 Å². The predicted octanol–water partition coefficient (Wildman–Crippen LogP) is 6.96. The number of methoxy groups -OCH3 is 2. The molecule has 0 saturated carbocycles. The second kappa shape index (κ2) is 21.5. The van der Waals surface area contributed by atoms with E-state index in [2.05, 4.69) is 4.84 Å². The van der Waals surface area contributed by atoms with Crippen LogP contribution in [0.2, 0.25) is 0 Å². The normalized spacial score (nSPS) is 12.7. The van der Waals surface area contributed by atoms with Crippen molar-refractivity contribution in [3.8, 4) is 22.6 Å². The summed E-state index contributed by atoms with van der Waals surface area (Å²) in [6, 6.07) is 10.8. The number of ether oxygens (including phenoxy) is 4. The van der Waals surface area contributed by atoms with E-state index < -0.39 is 35.7 Å². The van der Waals surface area contributed by atoms with Gasteiger partial charge in [0, 0.05) is 36.4 Å². The molecule has 54 heavy (non-hydrogen) atoms. The molecule has 0 spiro atoms. The Kier molecular flexibility index (Phi) is 17.2. The number of aliphatic hydroxyl groups excluding tert-OH is 2. The van der Waals surface area contributed by atoms with Gasteiger partial charge in [-0.25, -0.2) is 9.18 Å². The van der Waals surface area contributed by atoms with Gasteiger partial charge in [0.1, 0.15) is 5.82 Å². The highest BCUT2D eigenvalue weighted by Crippen LogP contribution is 2.38. The maximum Gasteiger partial charge on any atom is 0.330 e. The summed E-state index contributed by atoms with van der Waals surface area (Å²) in [6.45, 7) is 8.38. The summed E-state index contributed by atoms with van der Waals surface area (Å²) in [5, 5.41) is 30.9. The second-order valence-corrected chi connectivity index (χ2v) is 13.1. The molecule has 0 amide bonds. The van der Waals surface area contributed by atoms with Crippen molar-refractivity contribution >= 4 is 24.1 Å². The third kappa shape index (κ3) is 13.3. The standard InChI is InChI=1S/C40H49FN2O11/c1-25(2)39-32(38(28-11-13-29(41)14-12-28)33(24-50-5)40(42-39)26(3)4)16-15-30(44)22-31(45)23-37(47)54-34-17-9-27(21-35(34)51-6)10-18-36(46)52-19-7-8-20-53-43(48)49/h9-18,21,25-26,30-31,44-45H,7-8,19-20,22-24H2,1-6H3/b16-15+,18-10+/t30-,31-/m1/s1. The molecule has 2 aromatic carbocycles. The van der Waals surface area contributed by atoms with Gasteiger partial charge in [-0.3, -0.25) is 9.78 Å². The SMILES string of the molecule is COCc1c(C(C)C)nc(C(C)C)c(/C=C/[C@@H](O)C[C@@H](O)CC(=O)Oc2ccc(/C=C/C(=O)OCCCCO[N+](=O)[O-])cc2OC)c1-c1ccc(F)cc1. The maximum absolute atomic E-state index is 14.0. The van der Waals surface area contributed by atoms with Crippen molar-refractivity contribution in [2.75, 3.05) is 27.4 Å². The highest BCUT2D eigenvalue weighted by atomic mass is 19.1. The summed E-state index contributed by atoms with van der Waals surface area (Å²) in [6.07, 6.45) is 3.74. The van der Waals surface area contributed by atoms with Gasteiger partial charge in [-0.2, -0.15) is 0 Å². The molecule has 3 rings (SSSR count). The molecule has 0 saturated heterocycles. The number of carbonyl (C=O) groups excluding carboxylic acids is 2. The lowest BCUT2D eigenvalue weighted by Gasteiger charge is -2.23. The van der Waals surface area contributed by atoms with Crippen molar-refractivity contribution in [3.63, 3.8) is 0 Å². The van der Waals surface area contributed by atoms with Crippen LogP contribution in [-0.2, 0) is 30.5 Å². The molecule has 0 aliphatic heterocycles. The monoisotopic (exact) mass is 752 g/mol. The minimum Gasteiger partial charge on any atom is -0.493 e. The van der Waals surface area contributed by atoms with Crippen LogP contribution in [0.4, 0.5) is 4.39 Å². The lowest BCUT2D eigenvalue weighted by molar-refractivity contribution is -0.757. The molecule has 292 valence electrons. The molecule has 0 aliphatic rings. The van der Waals surface area contributed by atoms with Gasteiger partial charge in [0.25, 0.3) is 5.09 Å². The zero-order valence-corrected chi connectivity index (χ0v) is 31.5. The average molecular weight is 753 g/mol. The molecular formula is C40H49FN2O11. The van der Waals surface area contributed by atoms with E-state index in [1.54, 1.807) is 37.5 Å². The van der Waals surface area contributed by atoms with Crippen LogP contribution in [0.15, 0.2) is 54.6 Å². The first-order valence-electron chi connectivity index (χ1n) is 17.6. The molecular weight excluding hydrogens is 703 g/mol. The second-order valence-electron chi connectivity index (χ2n) is 13.1. The zero-order valence-electron chi connectivity index (χ0n) is 31.5. The molecule has 0 fully saturated rings.